The third-order valence-corrected chi connectivity index (χ3v) is 2.16. The van der Waals surface area contributed by atoms with Gasteiger partial charge in [0.1, 0.15) is 0 Å². The van der Waals surface area contributed by atoms with E-state index in [1.165, 1.54) is 24.1 Å². The zero-order valence-electron chi connectivity index (χ0n) is 9.14. The molecule has 0 atom stereocenters. The highest BCUT2D eigenvalue weighted by Gasteiger charge is 2.01. The summed E-state index contributed by atoms with van der Waals surface area (Å²) < 4.78 is 0. The van der Waals surface area contributed by atoms with Crippen molar-refractivity contribution in [2.24, 2.45) is 0 Å². The quantitative estimate of drug-likeness (QED) is 0.565. The number of likely N-dealkylation sites (N-methyl/N-ethyl adjacent to an activating group) is 1. The van der Waals surface area contributed by atoms with Crippen LogP contribution in [-0.2, 0) is 0 Å². The summed E-state index contributed by atoms with van der Waals surface area (Å²) in [6.07, 6.45) is 6.21. The maximum atomic E-state index is 3.81. The molecule has 0 spiro atoms. The van der Waals surface area contributed by atoms with Crippen LogP contribution in [0.5, 0.6) is 0 Å². The lowest BCUT2D eigenvalue weighted by Crippen LogP contribution is -2.18. The molecular formula is C12H21N. The average molecular weight is 179 g/mol. The fourth-order valence-electron chi connectivity index (χ4n) is 1.24. The zero-order valence-corrected chi connectivity index (χ0v) is 9.14. The second-order valence-corrected chi connectivity index (χ2v) is 3.25. The second-order valence-electron chi connectivity index (χ2n) is 3.25. The highest BCUT2D eigenvalue weighted by molar-refractivity contribution is 5.28. The Hall–Kier alpha value is -0.980. The van der Waals surface area contributed by atoms with Crippen molar-refractivity contribution >= 4 is 0 Å². The average Bonchev–Trinajstić information content (AvgIpc) is 2.15. The van der Waals surface area contributed by atoms with Crippen LogP contribution in [0, 0.1) is 0 Å². The summed E-state index contributed by atoms with van der Waals surface area (Å²) in [4.78, 5) is 2.23. The third-order valence-electron chi connectivity index (χ3n) is 2.16. The first-order chi connectivity index (χ1) is 6.17. The van der Waals surface area contributed by atoms with Crippen molar-refractivity contribution in [1.82, 2.24) is 4.90 Å². The number of hydrogen-bond acceptors (Lipinski definition) is 1. The van der Waals surface area contributed by atoms with Crippen molar-refractivity contribution in [2.75, 3.05) is 13.6 Å². The van der Waals surface area contributed by atoms with Crippen molar-refractivity contribution in [3.05, 3.63) is 36.6 Å². The Bertz CT molecular complexity index is 201. The van der Waals surface area contributed by atoms with Crippen molar-refractivity contribution < 1.29 is 0 Å². The monoisotopic (exact) mass is 179 g/mol. The molecule has 0 saturated heterocycles. The Morgan fingerprint density at radius 1 is 1.31 bits per heavy atom. The molecule has 0 aliphatic rings. The van der Waals surface area contributed by atoms with Crippen LogP contribution in [0.3, 0.4) is 0 Å². The van der Waals surface area contributed by atoms with E-state index in [1.54, 1.807) is 0 Å². The minimum Gasteiger partial charge on any atom is -0.374 e. The zero-order chi connectivity index (χ0) is 10.3. The van der Waals surface area contributed by atoms with Gasteiger partial charge in [-0.3, -0.25) is 0 Å². The molecule has 0 aromatic rings. The summed E-state index contributed by atoms with van der Waals surface area (Å²) in [6.45, 7) is 12.9. The molecule has 0 saturated carbocycles. The van der Waals surface area contributed by atoms with Crippen LogP contribution in [0.1, 0.15) is 26.7 Å². The largest absolute Gasteiger partial charge is 0.374 e. The Morgan fingerprint density at radius 3 is 2.31 bits per heavy atom. The molecule has 0 rings (SSSR count). The van der Waals surface area contributed by atoms with Gasteiger partial charge in [-0.15, -0.1) is 0 Å². The van der Waals surface area contributed by atoms with Gasteiger partial charge in [-0.2, -0.15) is 0 Å². The minimum atomic E-state index is 1.09. The second kappa shape index (κ2) is 6.53. The fraction of sp³-hybridized carbons (Fsp3) is 0.500. The topological polar surface area (TPSA) is 3.24 Å². The van der Waals surface area contributed by atoms with Gasteiger partial charge in [-0.1, -0.05) is 32.6 Å². The number of unbranched alkanes of at least 4 members (excludes halogenated alkanes) is 1. The van der Waals surface area contributed by atoms with Gasteiger partial charge in [-0.05, 0) is 25.0 Å². The van der Waals surface area contributed by atoms with Crippen LogP contribution in [0.25, 0.3) is 0 Å². The lowest BCUT2D eigenvalue weighted by Gasteiger charge is -2.21. The van der Waals surface area contributed by atoms with E-state index in [0.29, 0.717) is 0 Å². The first kappa shape index (κ1) is 12.0. The van der Waals surface area contributed by atoms with Crippen LogP contribution in [0.2, 0.25) is 0 Å². The molecule has 0 unspecified atom stereocenters. The predicted molar refractivity (Wildman–Crippen MR) is 60.6 cm³/mol. The van der Waals surface area contributed by atoms with Gasteiger partial charge in [0.05, 0.1) is 0 Å². The molecule has 1 nitrogen and oxygen atoms in total. The van der Waals surface area contributed by atoms with E-state index in [-0.39, 0.29) is 0 Å². The van der Waals surface area contributed by atoms with Crippen molar-refractivity contribution in [1.29, 1.82) is 0 Å². The van der Waals surface area contributed by atoms with E-state index >= 15 is 0 Å². The van der Waals surface area contributed by atoms with Gasteiger partial charge in [0.2, 0.25) is 0 Å². The summed E-state index contributed by atoms with van der Waals surface area (Å²) in [6, 6.07) is 0. The van der Waals surface area contributed by atoms with Gasteiger partial charge in [0, 0.05) is 19.3 Å². The molecule has 0 aromatic carbocycles. The molecule has 74 valence electrons. The number of rotatable bonds is 6. The molecule has 0 aromatic heterocycles. The van der Waals surface area contributed by atoms with E-state index < -0.39 is 0 Å². The van der Waals surface area contributed by atoms with Crippen molar-refractivity contribution in [3.63, 3.8) is 0 Å². The maximum absolute atomic E-state index is 3.81. The Kier molecular flexibility index (Phi) is 6.03. The van der Waals surface area contributed by atoms with E-state index in [1.807, 2.05) is 12.2 Å². The SMILES string of the molecule is C=C/C(C)=C(\C=C)N(C)CCCC. The lowest BCUT2D eigenvalue weighted by atomic mass is 10.2. The molecule has 0 radical (unpaired) electrons. The number of nitrogens with zero attached hydrogens (tertiary/aromatic N) is 1. The Labute approximate surface area is 82.4 Å². The Morgan fingerprint density at radius 2 is 1.92 bits per heavy atom. The van der Waals surface area contributed by atoms with E-state index in [0.717, 1.165) is 6.54 Å². The molecule has 0 aliphatic carbocycles. The minimum absolute atomic E-state index is 1.09. The standard InChI is InChI=1S/C12H21N/c1-6-9-10-13(5)12(8-3)11(4)7-2/h7-8H,2-3,6,9-10H2,1,4-5H3/b12-11+. The summed E-state index contributed by atoms with van der Waals surface area (Å²) in [5, 5.41) is 0. The summed E-state index contributed by atoms with van der Waals surface area (Å²) >= 11 is 0. The van der Waals surface area contributed by atoms with Crippen LogP contribution < -0.4 is 0 Å². The third kappa shape index (κ3) is 3.97. The molecule has 0 amide bonds. The summed E-state index contributed by atoms with van der Waals surface area (Å²) in [5.41, 5.74) is 2.37. The van der Waals surface area contributed by atoms with Crippen LogP contribution >= 0.6 is 0 Å². The molecule has 13 heavy (non-hydrogen) atoms. The van der Waals surface area contributed by atoms with Gasteiger partial charge < -0.3 is 4.90 Å². The van der Waals surface area contributed by atoms with Gasteiger partial charge >= 0.3 is 0 Å². The number of allylic oxidation sites excluding steroid dienone is 3. The predicted octanol–water partition coefficient (Wildman–Crippen LogP) is 3.36. The summed E-state index contributed by atoms with van der Waals surface area (Å²) in [5.74, 6) is 0. The molecule has 1 heteroatoms. The molecule has 0 aliphatic heterocycles. The van der Waals surface area contributed by atoms with E-state index in [4.69, 9.17) is 0 Å². The van der Waals surface area contributed by atoms with Gasteiger partial charge in [-0.25, -0.2) is 0 Å². The van der Waals surface area contributed by atoms with Crippen LogP contribution in [0.15, 0.2) is 36.6 Å². The fourth-order valence-corrected chi connectivity index (χ4v) is 1.24. The highest BCUT2D eigenvalue weighted by Crippen LogP contribution is 2.11. The first-order valence-electron chi connectivity index (χ1n) is 4.84. The molecule has 0 heterocycles. The van der Waals surface area contributed by atoms with Crippen LogP contribution in [0.4, 0.5) is 0 Å². The maximum Gasteiger partial charge on any atom is 0.0387 e. The highest BCUT2D eigenvalue weighted by atomic mass is 15.1. The van der Waals surface area contributed by atoms with Crippen molar-refractivity contribution in [3.8, 4) is 0 Å². The normalized spacial score (nSPS) is 11.9. The first-order valence-corrected chi connectivity index (χ1v) is 4.84. The van der Waals surface area contributed by atoms with Crippen LogP contribution in [-0.4, -0.2) is 18.5 Å². The lowest BCUT2D eigenvalue weighted by molar-refractivity contribution is 0.415. The van der Waals surface area contributed by atoms with Crippen molar-refractivity contribution in [2.45, 2.75) is 26.7 Å². The van der Waals surface area contributed by atoms with E-state index in [2.05, 4.69) is 39.0 Å². The van der Waals surface area contributed by atoms with Gasteiger partial charge in [0.15, 0.2) is 0 Å². The molecule has 0 fully saturated rings. The van der Waals surface area contributed by atoms with E-state index in [9.17, 15) is 0 Å². The smallest absolute Gasteiger partial charge is 0.0387 e. The molecular weight excluding hydrogens is 158 g/mol. The van der Waals surface area contributed by atoms with Gasteiger partial charge in [0.25, 0.3) is 0 Å². The number of hydrogen-bond donors (Lipinski definition) is 0. The molecule has 0 bridgehead atoms. The molecule has 0 N–H and O–H groups in total. The summed E-state index contributed by atoms with van der Waals surface area (Å²) in [7, 11) is 2.10. The Balaban J connectivity index is 4.39.